The Labute approximate surface area is 338 Å². The Morgan fingerprint density at radius 2 is 0.750 bits per heavy atom. The van der Waals surface area contributed by atoms with Gasteiger partial charge < -0.3 is 0 Å². The van der Waals surface area contributed by atoms with Crippen LogP contribution in [0.4, 0.5) is 0 Å². The normalized spacial score (nSPS) is 17.0. The Morgan fingerprint density at radius 1 is 0.393 bits per heavy atom. The van der Waals surface area contributed by atoms with E-state index in [1.54, 1.807) is 0 Å². The average molecular weight is 856 g/mol. The van der Waals surface area contributed by atoms with Gasteiger partial charge in [0.2, 0.25) is 0 Å². The minimum atomic E-state index is -5.48. The van der Waals surface area contributed by atoms with Gasteiger partial charge >= 0.3 is 341 Å². The van der Waals surface area contributed by atoms with Gasteiger partial charge in [0.1, 0.15) is 0 Å². The Kier molecular flexibility index (Phi) is 8.84. The third kappa shape index (κ3) is 5.48. The maximum atomic E-state index is 9.23. The summed E-state index contributed by atoms with van der Waals surface area (Å²) >= 11 is -5.48. The van der Waals surface area contributed by atoms with E-state index in [0.29, 0.717) is 0 Å². The van der Waals surface area contributed by atoms with Crippen molar-refractivity contribution in [1.29, 1.82) is 0 Å². The Hall–Kier alpha value is -4.56. The van der Waals surface area contributed by atoms with Crippen LogP contribution >= 0.6 is 17.0 Å². The monoisotopic (exact) mass is 853 g/mol. The van der Waals surface area contributed by atoms with Gasteiger partial charge in [-0.1, -0.05) is 0 Å². The van der Waals surface area contributed by atoms with Crippen LogP contribution in [0.5, 0.6) is 0 Å². The number of hydrogen-bond acceptors (Lipinski definition) is 0. The molecule has 2 aliphatic rings. The van der Waals surface area contributed by atoms with Crippen molar-refractivity contribution in [3.05, 3.63) is 215 Å². The summed E-state index contributed by atoms with van der Waals surface area (Å²) in [6.07, 6.45) is 4.86. The molecule has 8 aromatic rings. The number of fused-ring (bicyclic) bond motifs is 4. The molecule has 0 saturated heterocycles. The Bertz CT molecular complexity index is 2690. The summed E-state index contributed by atoms with van der Waals surface area (Å²) in [6.45, 7) is 4.61. The average Bonchev–Trinajstić information content (AvgIpc) is 3.78. The Morgan fingerprint density at radius 3 is 1.20 bits per heavy atom. The van der Waals surface area contributed by atoms with E-state index in [1.165, 1.54) is 87.6 Å². The minimum absolute atomic E-state index is 0.0951. The molecule has 271 valence electrons. The van der Waals surface area contributed by atoms with Gasteiger partial charge in [-0.2, -0.15) is 0 Å². The fourth-order valence-electron chi connectivity index (χ4n) is 10.6. The van der Waals surface area contributed by atoms with Crippen molar-refractivity contribution in [2.24, 2.45) is 0 Å². The van der Waals surface area contributed by atoms with Gasteiger partial charge in [-0.05, 0) is 0 Å². The van der Waals surface area contributed by atoms with E-state index in [0.717, 1.165) is 0 Å². The van der Waals surface area contributed by atoms with Crippen molar-refractivity contribution in [3.63, 3.8) is 0 Å². The number of hydrogen-bond donors (Lipinski definition) is 0. The van der Waals surface area contributed by atoms with Crippen molar-refractivity contribution in [2.45, 2.75) is 21.1 Å². The van der Waals surface area contributed by atoms with Gasteiger partial charge in [0.15, 0.2) is 0 Å². The number of rotatable bonds is 7. The second kappa shape index (κ2) is 13.8. The van der Waals surface area contributed by atoms with Gasteiger partial charge in [0.05, 0.1) is 0 Å². The first kappa shape index (κ1) is 35.8. The fourth-order valence-corrected chi connectivity index (χ4v) is 62.0. The molecule has 0 amide bonds. The third-order valence-electron chi connectivity index (χ3n) is 12.6. The van der Waals surface area contributed by atoms with Crippen molar-refractivity contribution in [1.82, 2.24) is 0 Å². The molecule has 2 atom stereocenters. The first-order valence-corrected chi connectivity index (χ1v) is 34.7. The predicted molar refractivity (Wildman–Crippen MR) is 243 cm³/mol. The second-order valence-corrected chi connectivity index (χ2v) is 53.9. The van der Waals surface area contributed by atoms with Crippen molar-refractivity contribution < 1.29 is 15.6 Å². The van der Waals surface area contributed by atoms with E-state index in [4.69, 9.17) is 0 Å². The molecule has 10 rings (SSSR count). The topological polar surface area (TPSA) is 0 Å². The Balaban J connectivity index is 1.26. The van der Waals surface area contributed by atoms with Gasteiger partial charge in [-0.15, -0.1) is 0 Å². The van der Waals surface area contributed by atoms with Crippen LogP contribution in [-0.2, 0) is 15.6 Å². The fraction of sp³-hybridized carbons (Fsp3) is 0.0769. The molecule has 0 N–H and O–H groups in total. The van der Waals surface area contributed by atoms with E-state index in [9.17, 15) is 17.0 Å². The van der Waals surface area contributed by atoms with Crippen LogP contribution in [0.3, 0.4) is 0 Å². The molecule has 2 unspecified atom stereocenters. The van der Waals surface area contributed by atoms with Crippen LogP contribution in [0.2, 0.25) is 0 Å². The summed E-state index contributed by atoms with van der Waals surface area (Å²) in [5.74, 6) is -2.40. The quantitative estimate of drug-likeness (QED) is 0.140. The zero-order valence-electron chi connectivity index (χ0n) is 31.5. The molecule has 0 aliphatic heterocycles. The summed E-state index contributed by atoms with van der Waals surface area (Å²) in [6, 6.07) is 66.6. The maximum absolute atomic E-state index is 9.23. The molecule has 0 saturated carbocycles. The van der Waals surface area contributed by atoms with Gasteiger partial charge in [0.25, 0.3) is 0 Å². The molecular formula is C52H41Cl2SiZr. The second-order valence-electron chi connectivity index (χ2n) is 15.8. The summed E-state index contributed by atoms with van der Waals surface area (Å²) < 4.78 is -0.190. The van der Waals surface area contributed by atoms with E-state index in [-0.39, 0.29) is 7.25 Å². The van der Waals surface area contributed by atoms with Crippen LogP contribution in [0.25, 0.3) is 56.0 Å². The number of allylic oxidation sites excluding steroid dienone is 2. The van der Waals surface area contributed by atoms with Crippen LogP contribution in [0.1, 0.15) is 43.4 Å². The molecule has 0 spiro atoms. The van der Waals surface area contributed by atoms with Crippen molar-refractivity contribution in [3.8, 4) is 22.3 Å². The molecule has 56 heavy (non-hydrogen) atoms. The van der Waals surface area contributed by atoms with Crippen LogP contribution in [0, 0.1) is 0 Å². The van der Waals surface area contributed by atoms with Crippen molar-refractivity contribution >= 4 is 67.0 Å². The van der Waals surface area contributed by atoms with E-state index in [1.807, 2.05) is 0 Å². The molecule has 0 radical (unpaired) electrons. The molecule has 0 bridgehead atoms. The molecule has 8 aromatic carbocycles. The van der Waals surface area contributed by atoms with Crippen molar-refractivity contribution in [2.75, 3.05) is 0 Å². The van der Waals surface area contributed by atoms with E-state index >= 15 is 0 Å². The summed E-state index contributed by atoms with van der Waals surface area (Å²) in [5, 5.41) is 7.61. The standard InChI is InChI=1S/2C20H15.C12H11Si.2ClH.Zr/c2*1-14-12-16-8-5-11-19(20(16)13-14)18-10-4-7-15-6-2-3-9-17(15)18;1-3-7-11(8-4-1)13-12-9-5-2-6-10-12;;;/h2*2-13H,1H3;1-10,13H;2*1H;/q;;;;;+2/p-2. The summed E-state index contributed by atoms with van der Waals surface area (Å²) in [7, 11) is 18.5. The molecule has 0 nitrogen and oxygen atoms in total. The first-order chi connectivity index (χ1) is 27.3. The summed E-state index contributed by atoms with van der Waals surface area (Å²) in [4.78, 5) is 0. The molecule has 0 aromatic heterocycles. The molecule has 0 fully saturated rings. The van der Waals surface area contributed by atoms with Crippen LogP contribution in [0.15, 0.2) is 193 Å². The third-order valence-corrected chi connectivity index (χ3v) is 54.9. The molecule has 2 aliphatic carbocycles. The van der Waals surface area contributed by atoms with Crippen LogP contribution in [-0.4, -0.2) is 5.92 Å². The molecule has 4 heteroatoms. The SMILES string of the molecule is CC1=Cc2c(-c3cccc4ccccc34)cccc2[CH]1[Zr]([Cl])([Cl])([CH]1C(C)=Cc2c(-c3cccc4ccccc34)cccc21)[SiH](c1ccccc1)c1ccccc1. The zero-order chi connectivity index (χ0) is 38.0. The van der Waals surface area contributed by atoms with Gasteiger partial charge in [0, 0.05) is 0 Å². The van der Waals surface area contributed by atoms with Gasteiger partial charge in [-0.3, -0.25) is 0 Å². The first-order valence-electron chi connectivity index (χ1n) is 19.6. The number of benzene rings is 8. The molecule has 0 heterocycles. The summed E-state index contributed by atoms with van der Waals surface area (Å²) in [5.41, 5.74) is 12.6. The number of halogens is 2. The van der Waals surface area contributed by atoms with E-state index in [2.05, 4.69) is 208 Å². The van der Waals surface area contributed by atoms with Crippen LogP contribution < -0.4 is 10.4 Å². The van der Waals surface area contributed by atoms with E-state index < -0.39 is 21.5 Å². The van der Waals surface area contributed by atoms with Gasteiger partial charge in [-0.25, -0.2) is 0 Å². The predicted octanol–water partition coefficient (Wildman–Crippen LogP) is 13.5. The molecular weight excluding hydrogens is 815 g/mol. The zero-order valence-corrected chi connectivity index (χ0v) is 36.6.